The number of hydrogen-bond donors (Lipinski definition) is 2. The van der Waals surface area contributed by atoms with Crippen LogP contribution in [0.4, 0.5) is 17.5 Å². The molecule has 0 spiro atoms. The maximum Gasteiger partial charge on any atom is 0.274 e. The van der Waals surface area contributed by atoms with Crippen LogP contribution in [0.15, 0.2) is 40.9 Å². The first-order valence-electron chi connectivity index (χ1n) is 10.5. The molecule has 2 N–H and O–H groups in total. The Bertz CT molecular complexity index is 1120. The maximum absolute atomic E-state index is 12.7. The first-order chi connectivity index (χ1) is 15.5. The van der Waals surface area contributed by atoms with Crippen LogP contribution >= 0.6 is 11.6 Å². The minimum absolute atomic E-state index is 0.260. The van der Waals surface area contributed by atoms with E-state index in [1.54, 1.807) is 13.0 Å². The lowest BCUT2D eigenvalue weighted by molar-refractivity contribution is 0.0920. The lowest BCUT2D eigenvalue weighted by atomic mass is 10.1. The van der Waals surface area contributed by atoms with E-state index >= 15 is 0 Å². The summed E-state index contributed by atoms with van der Waals surface area (Å²) in [4.78, 5) is 24.4. The molecule has 1 aliphatic carbocycles. The summed E-state index contributed by atoms with van der Waals surface area (Å²) in [6, 6.07) is 10.9. The van der Waals surface area contributed by atoms with E-state index in [2.05, 4.69) is 20.7 Å². The predicted octanol–water partition coefficient (Wildman–Crippen LogP) is 3.43. The van der Waals surface area contributed by atoms with Gasteiger partial charge < -0.3 is 24.8 Å². The number of halogens is 1. The van der Waals surface area contributed by atoms with Gasteiger partial charge in [0, 0.05) is 35.9 Å². The van der Waals surface area contributed by atoms with Gasteiger partial charge in [0.15, 0.2) is 5.69 Å². The second-order valence-corrected chi connectivity index (χ2v) is 8.47. The number of nitrogens with zero attached hydrogens (tertiary/aromatic N) is 4. The van der Waals surface area contributed by atoms with E-state index in [-0.39, 0.29) is 11.6 Å². The highest BCUT2D eigenvalue weighted by Gasteiger charge is 2.48. The van der Waals surface area contributed by atoms with E-state index in [4.69, 9.17) is 30.8 Å². The zero-order chi connectivity index (χ0) is 22.1. The van der Waals surface area contributed by atoms with Gasteiger partial charge in [-0.05, 0) is 44.0 Å². The number of morpholine rings is 1. The first kappa shape index (κ1) is 20.7. The summed E-state index contributed by atoms with van der Waals surface area (Å²) in [6.07, 6.45) is 1.57. The molecule has 0 bridgehead atoms. The van der Waals surface area contributed by atoms with Crippen molar-refractivity contribution in [2.45, 2.75) is 25.3 Å². The van der Waals surface area contributed by atoms with Crippen molar-refractivity contribution >= 4 is 35.0 Å². The van der Waals surface area contributed by atoms with Crippen molar-refractivity contribution in [3.05, 3.63) is 58.6 Å². The maximum atomic E-state index is 12.7. The first-order valence-corrected chi connectivity index (χ1v) is 10.9. The number of anilines is 3. The summed E-state index contributed by atoms with van der Waals surface area (Å²) in [5.41, 5.74) is 1.33. The fraction of sp³-hybridized carbons (Fsp3) is 0.364. The molecule has 1 aliphatic heterocycles. The Morgan fingerprint density at radius 1 is 1.12 bits per heavy atom. The van der Waals surface area contributed by atoms with Gasteiger partial charge in [-0.2, -0.15) is 4.98 Å². The second-order valence-electron chi connectivity index (χ2n) is 8.03. The summed E-state index contributed by atoms with van der Waals surface area (Å²) in [5, 5.41) is 10.9. The Morgan fingerprint density at radius 3 is 2.53 bits per heavy atom. The summed E-state index contributed by atoms with van der Waals surface area (Å²) in [5.74, 6) is 1.57. The Balaban J connectivity index is 1.46. The number of rotatable bonds is 6. The van der Waals surface area contributed by atoms with Crippen molar-refractivity contribution in [1.29, 1.82) is 0 Å². The molecule has 1 aromatic carbocycles. The number of aryl methyl sites for hydroxylation is 1. The van der Waals surface area contributed by atoms with Crippen LogP contribution in [0.1, 0.15) is 34.8 Å². The van der Waals surface area contributed by atoms with Gasteiger partial charge in [0.25, 0.3) is 5.91 Å². The molecule has 3 aromatic rings. The molecule has 10 heteroatoms. The average molecular weight is 455 g/mol. The zero-order valence-corrected chi connectivity index (χ0v) is 18.4. The molecule has 0 unspecified atom stereocenters. The number of aromatic nitrogens is 3. The van der Waals surface area contributed by atoms with Crippen LogP contribution in [-0.4, -0.2) is 47.3 Å². The number of nitrogens with one attached hydrogen (secondary N) is 2. The van der Waals surface area contributed by atoms with Gasteiger partial charge in [-0.1, -0.05) is 16.8 Å². The average Bonchev–Trinajstić information content (AvgIpc) is 3.46. The van der Waals surface area contributed by atoms with Gasteiger partial charge in [0.2, 0.25) is 5.95 Å². The number of benzene rings is 1. The molecular weight excluding hydrogens is 432 g/mol. The lowest BCUT2D eigenvalue weighted by Crippen LogP contribution is -2.39. The van der Waals surface area contributed by atoms with Crippen LogP contribution in [0, 0.1) is 6.92 Å². The van der Waals surface area contributed by atoms with Gasteiger partial charge in [-0.3, -0.25) is 4.79 Å². The Labute approximate surface area is 190 Å². The van der Waals surface area contributed by atoms with E-state index in [1.807, 2.05) is 30.3 Å². The molecule has 1 saturated carbocycles. The Morgan fingerprint density at radius 2 is 1.88 bits per heavy atom. The second kappa shape index (κ2) is 8.40. The standard InChI is InChI=1S/C22H23ClN6O3/c1-14-12-17(28-32-14)20(30)27-22(6-7-22)18-13-19(24-16-4-2-15(23)3-5-16)26-21(25-18)29-8-10-31-11-9-29/h2-5,12-13H,6-11H2,1H3,(H,27,30)(H,24,25,26). The lowest BCUT2D eigenvalue weighted by Gasteiger charge is -2.28. The molecule has 32 heavy (non-hydrogen) atoms. The van der Waals surface area contributed by atoms with E-state index in [0.717, 1.165) is 24.2 Å². The molecule has 0 atom stereocenters. The van der Waals surface area contributed by atoms with Gasteiger partial charge in [0.1, 0.15) is 11.6 Å². The molecule has 9 nitrogen and oxygen atoms in total. The van der Waals surface area contributed by atoms with E-state index < -0.39 is 5.54 Å². The SMILES string of the molecule is Cc1cc(C(=O)NC2(c3cc(Nc4ccc(Cl)cc4)nc(N4CCOCC4)n3)CC2)no1. The Hall–Kier alpha value is -3.17. The Kier molecular flexibility index (Phi) is 5.44. The number of amides is 1. The quantitative estimate of drug-likeness (QED) is 0.583. The third-order valence-electron chi connectivity index (χ3n) is 5.58. The van der Waals surface area contributed by atoms with E-state index in [1.165, 1.54) is 0 Å². The van der Waals surface area contributed by atoms with Crippen molar-refractivity contribution in [3.63, 3.8) is 0 Å². The highest BCUT2D eigenvalue weighted by atomic mass is 35.5. The van der Waals surface area contributed by atoms with Gasteiger partial charge in [-0.15, -0.1) is 0 Å². The highest BCUT2D eigenvalue weighted by Crippen LogP contribution is 2.46. The molecule has 3 heterocycles. The fourth-order valence-electron chi connectivity index (χ4n) is 3.65. The van der Waals surface area contributed by atoms with E-state index in [9.17, 15) is 4.79 Å². The minimum atomic E-state index is -0.551. The van der Waals surface area contributed by atoms with Crippen LogP contribution in [0.3, 0.4) is 0 Å². The van der Waals surface area contributed by atoms with Crippen molar-refractivity contribution in [3.8, 4) is 0 Å². The fourth-order valence-corrected chi connectivity index (χ4v) is 3.78. The third kappa shape index (κ3) is 4.39. The van der Waals surface area contributed by atoms with Crippen molar-refractivity contribution in [1.82, 2.24) is 20.4 Å². The molecule has 1 saturated heterocycles. The van der Waals surface area contributed by atoms with Crippen molar-refractivity contribution in [2.75, 3.05) is 36.5 Å². The van der Waals surface area contributed by atoms with Gasteiger partial charge in [-0.25, -0.2) is 4.98 Å². The topological polar surface area (TPSA) is 105 Å². The normalized spacial score (nSPS) is 17.1. The molecule has 5 rings (SSSR count). The molecule has 2 aromatic heterocycles. The number of carbonyl (C=O) groups is 1. The molecule has 0 radical (unpaired) electrons. The van der Waals surface area contributed by atoms with E-state index in [0.29, 0.717) is 48.9 Å². The smallest absolute Gasteiger partial charge is 0.274 e. The minimum Gasteiger partial charge on any atom is -0.378 e. The number of carbonyl (C=O) groups excluding carboxylic acids is 1. The molecular formula is C22H23ClN6O3. The third-order valence-corrected chi connectivity index (χ3v) is 5.83. The molecule has 1 amide bonds. The largest absolute Gasteiger partial charge is 0.378 e. The van der Waals surface area contributed by atoms with Crippen molar-refractivity contribution < 1.29 is 14.1 Å². The molecule has 2 aliphatic rings. The van der Waals surface area contributed by atoms with Gasteiger partial charge >= 0.3 is 0 Å². The van der Waals surface area contributed by atoms with Crippen LogP contribution < -0.4 is 15.5 Å². The van der Waals surface area contributed by atoms with Crippen LogP contribution in [0.2, 0.25) is 5.02 Å². The van der Waals surface area contributed by atoms with Crippen LogP contribution in [0.25, 0.3) is 0 Å². The number of ether oxygens (including phenoxy) is 1. The molecule has 166 valence electrons. The summed E-state index contributed by atoms with van der Waals surface area (Å²) < 4.78 is 10.5. The van der Waals surface area contributed by atoms with Crippen LogP contribution in [-0.2, 0) is 10.3 Å². The van der Waals surface area contributed by atoms with Gasteiger partial charge in [0.05, 0.1) is 24.4 Å². The predicted molar refractivity (Wildman–Crippen MR) is 119 cm³/mol. The zero-order valence-electron chi connectivity index (χ0n) is 17.6. The summed E-state index contributed by atoms with van der Waals surface area (Å²) >= 11 is 6.01. The summed E-state index contributed by atoms with van der Waals surface area (Å²) in [7, 11) is 0. The van der Waals surface area contributed by atoms with Crippen molar-refractivity contribution in [2.24, 2.45) is 0 Å². The summed E-state index contributed by atoms with van der Waals surface area (Å²) in [6.45, 7) is 4.43. The monoisotopic (exact) mass is 454 g/mol. The highest BCUT2D eigenvalue weighted by molar-refractivity contribution is 6.30. The van der Waals surface area contributed by atoms with Crippen LogP contribution in [0.5, 0.6) is 0 Å². The number of hydrogen-bond acceptors (Lipinski definition) is 8. The molecule has 2 fully saturated rings.